The second-order valence-corrected chi connectivity index (χ2v) is 7.18. The van der Waals surface area contributed by atoms with Crippen molar-refractivity contribution < 1.29 is 14.3 Å². The van der Waals surface area contributed by atoms with Gasteiger partial charge in [-0.2, -0.15) is 0 Å². The highest BCUT2D eigenvalue weighted by molar-refractivity contribution is 9.10. The fourth-order valence-corrected chi connectivity index (χ4v) is 3.04. The van der Waals surface area contributed by atoms with Crippen molar-refractivity contribution >= 4 is 62.4 Å². The van der Waals surface area contributed by atoms with Crippen LogP contribution in [0.4, 0.5) is 0 Å². The highest BCUT2D eigenvalue weighted by Crippen LogP contribution is 2.37. The van der Waals surface area contributed by atoms with Gasteiger partial charge in [-0.25, -0.2) is 0 Å². The molecular formula is C17H15BrCl2N2O3S. The van der Waals surface area contributed by atoms with Gasteiger partial charge in [-0.3, -0.25) is 10.1 Å². The average molecular weight is 478 g/mol. The summed E-state index contributed by atoms with van der Waals surface area (Å²) < 4.78 is 12.0. The smallest absolute Gasteiger partial charge is 0.257 e. The van der Waals surface area contributed by atoms with Crippen molar-refractivity contribution in [2.75, 3.05) is 6.61 Å². The van der Waals surface area contributed by atoms with E-state index in [1.165, 1.54) is 0 Å². The molecule has 2 rings (SSSR count). The number of benzene rings is 2. The molecule has 0 saturated heterocycles. The molecule has 0 fully saturated rings. The quantitative estimate of drug-likeness (QED) is 0.589. The monoisotopic (exact) mass is 476 g/mol. The van der Waals surface area contributed by atoms with Gasteiger partial charge >= 0.3 is 0 Å². The van der Waals surface area contributed by atoms with Crippen molar-refractivity contribution in [1.82, 2.24) is 5.32 Å². The second kappa shape index (κ2) is 9.41. The normalized spacial score (nSPS) is 10.3. The second-order valence-electron chi connectivity index (χ2n) is 5.07. The maximum Gasteiger partial charge on any atom is 0.257 e. The van der Waals surface area contributed by atoms with Crippen LogP contribution in [-0.2, 0) is 6.61 Å². The number of amides is 1. The van der Waals surface area contributed by atoms with E-state index in [1.807, 2.05) is 13.0 Å². The fraction of sp³-hybridized carbons (Fsp3) is 0.176. The molecule has 0 bridgehead atoms. The Morgan fingerprint density at radius 2 is 1.96 bits per heavy atom. The first-order valence-corrected chi connectivity index (χ1v) is 9.41. The molecule has 5 nitrogen and oxygen atoms in total. The lowest BCUT2D eigenvalue weighted by atomic mass is 10.2. The molecule has 1 amide bonds. The Morgan fingerprint density at radius 1 is 1.23 bits per heavy atom. The Morgan fingerprint density at radius 3 is 2.58 bits per heavy atom. The van der Waals surface area contributed by atoms with Crippen LogP contribution in [-0.4, -0.2) is 17.6 Å². The summed E-state index contributed by atoms with van der Waals surface area (Å²) in [6.45, 7) is 2.47. The number of rotatable bonds is 6. The fourth-order valence-electron chi connectivity index (χ4n) is 2.07. The number of carbonyl (C=O) groups is 1. The van der Waals surface area contributed by atoms with Gasteiger partial charge < -0.3 is 15.2 Å². The van der Waals surface area contributed by atoms with E-state index < -0.39 is 5.91 Å². The van der Waals surface area contributed by atoms with Crippen molar-refractivity contribution in [3.05, 3.63) is 56.0 Å². The molecule has 0 radical (unpaired) electrons. The topological polar surface area (TPSA) is 73.6 Å². The van der Waals surface area contributed by atoms with E-state index in [0.29, 0.717) is 38.2 Å². The largest absolute Gasteiger partial charge is 0.490 e. The van der Waals surface area contributed by atoms with Gasteiger partial charge in [0.1, 0.15) is 6.61 Å². The minimum atomic E-state index is -0.435. The highest BCUT2D eigenvalue weighted by atomic mass is 79.9. The molecule has 0 aromatic heterocycles. The summed E-state index contributed by atoms with van der Waals surface area (Å²) in [7, 11) is 0. The SMILES string of the molecule is CCOc1cc(C(=O)NC(N)=S)cc(Br)c1OCc1ccc(Cl)c(Cl)c1. The third-order valence-electron chi connectivity index (χ3n) is 3.18. The lowest BCUT2D eigenvalue weighted by Crippen LogP contribution is -2.34. The Kier molecular flexibility index (Phi) is 7.52. The van der Waals surface area contributed by atoms with Crippen LogP contribution in [0, 0.1) is 0 Å². The van der Waals surface area contributed by atoms with Crippen molar-refractivity contribution in [2.24, 2.45) is 5.73 Å². The van der Waals surface area contributed by atoms with Crippen molar-refractivity contribution in [3.63, 3.8) is 0 Å². The Bertz CT molecular complexity index is 849. The van der Waals surface area contributed by atoms with Crippen LogP contribution in [0.2, 0.25) is 10.0 Å². The zero-order valence-electron chi connectivity index (χ0n) is 13.6. The first-order chi connectivity index (χ1) is 12.3. The molecule has 0 aliphatic rings. The van der Waals surface area contributed by atoms with Gasteiger partial charge in [-0.1, -0.05) is 29.3 Å². The van der Waals surface area contributed by atoms with E-state index in [1.54, 1.807) is 24.3 Å². The molecule has 9 heteroatoms. The summed E-state index contributed by atoms with van der Waals surface area (Å²) in [4.78, 5) is 12.1. The van der Waals surface area contributed by atoms with E-state index in [2.05, 4.69) is 33.5 Å². The molecule has 0 atom stereocenters. The minimum absolute atomic E-state index is 0.107. The Labute approximate surface area is 174 Å². The molecule has 0 aliphatic heterocycles. The molecule has 3 N–H and O–H groups in total. The number of nitrogens with two attached hydrogens (primary N) is 1. The van der Waals surface area contributed by atoms with Gasteiger partial charge in [0.25, 0.3) is 5.91 Å². The van der Waals surface area contributed by atoms with Crippen LogP contribution in [0.25, 0.3) is 0 Å². The lowest BCUT2D eigenvalue weighted by molar-refractivity contribution is 0.0977. The summed E-state index contributed by atoms with van der Waals surface area (Å²) in [6.07, 6.45) is 0. The average Bonchev–Trinajstić information content (AvgIpc) is 2.56. The molecule has 2 aromatic rings. The van der Waals surface area contributed by atoms with Gasteiger partial charge in [0.05, 0.1) is 21.1 Å². The summed E-state index contributed by atoms with van der Waals surface area (Å²) in [5.74, 6) is 0.440. The number of ether oxygens (including phenoxy) is 2. The summed E-state index contributed by atoms with van der Waals surface area (Å²) in [5.41, 5.74) is 6.51. The van der Waals surface area contributed by atoms with Gasteiger partial charge in [0, 0.05) is 5.56 Å². The summed E-state index contributed by atoms with van der Waals surface area (Å²) in [5, 5.41) is 3.18. The Balaban J connectivity index is 2.27. The highest BCUT2D eigenvalue weighted by Gasteiger charge is 2.17. The predicted octanol–water partition coefficient (Wildman–Crippen LogP) is 4.71. The molecular weight excluding hydrogens is 463 g/mol. The van der Waals surface area contributed by atoms with Crippen LogP contribution < -0.4 is 20.5 Å². The molecule has 26 heavy (non-hydrogen) atoms. The zero-order chi connectivity index (χ0) is 19.3. The molecule has 2 aromatic carbocycles. The number of carbonyl (C=O) groups excluding carboxylic acids is 1. The maximum absolute atomic E-state index is 12.1. The molecule has 138 valence electrons. The number of thiocarbonyl (C=S) groups is 1. The van der Waals surface area contributed by atoms with Crippen LogP contribution >= 0.6 is 51.3 Å². The third-order valence-corrected chi connectivity index (χ3v) is 4.61. The standard InChI is InChI=1S/C17H15BrCl2N2O3S/c1-2-24-14-7-10(16(23)22-17(21)26)6-11(18)15(14)25-8-9-3-4-12(19)13(20)5-9/h3-7H,2,8H2,1H3,(H3,21,22,23,26). The van der Waals surface area contributed by atoms with Crippen LogP contribution in [0.5, 0.6) is 11.5 Å². The van der Waals surface area contributed by atoms with Gasteiger partial charge in [0.15, 0.2) is 16.6 Å². The van der Waals surface area contributed by atoms with E-state index in [-0.39, 0.29) is 11.7 Å². The first-order valence-electron chi connectivity index (χ1n) is 7.45. The number of nitrogens with one attached hydrogen (secondary N) is 1. The lowest BCUT2D eigenvalue weighted by Gasteiger charge is -2.15. The Hall–Kier alpha value is -1.54. The van der Waals surface area contributed by atoms with Crippen LogP contribution in [0.1, 0.15) is 22.8 Å². The zero-order valence-corrected chi connectivity index (χ0v) is 17.6. The van der Waals surface area contributed by atoms with Gasteiger partial charge in [-0.15, -0.1) is 0 Å². The number of hydrogen-bond acceptors (Lipinski definition) is 4. The predicted molar refractivity (Wildman–Crippen MR) is 110 cm³/mol. The summed E-state index contributed by atoms with van der Waals surface area (Å²) >= 11 is 20.0. The number of halogens is 3. The summed E-state index contributed by atoms with van der Waals surface area (Å²) in [6, 6.07) is 8.39. The molecule has 0 aliphatic carbocycles. The van der Waals surface area contributed by atoms with E-state index in [4.69, 9.17) is 38.4 Å². The van der Waals surface area contributed by atoms with Crippen LogP contribution in [0.15, 0.2) is 34.8 Å². The third kappa shape index (κ3) is 5.48. The molecule has 0 unspecified atom stereocenters. The molecule has 0 spiro atoms. The van der Waals surface area contributed by atoms with Crippen molar-refractivity contribution in [2.45, 2.75) is 13.5 Å². The maximum atomic E-state index is 12.1. The van der Waals surface area contributed by atoms with Crippen molar-refractivity contribution in [3.8, 4) is 11.5 Å². The minimum Gasteiger partial charge on any atom is -0.490 e. The van der Waals surface area contributed by atoms with Gasteiger partial charge in [-0.05, 0) is 64.9 Å². The van der Waals surface area contributed by atoms with Crippen LogP contribution in [0.3, 0.4) is 0 Å². The number of hydrogen-bond donors (Lipinski definition) is 2. The van der Waals surface area contributed by atoms with E-state index >= 15 is 0 Å². The van der Waals surface area contributed by atoms with E-state index in [0.717, 1.165) is 5.56 Å². The van der Waals surface area contributed by atoms with Gasteiger partial charge in [0.2, 0.25) is 0 Å². The first kappa shape index (κ1) is 20.8. The van der Waals surface area contributed by atoms with E-state index in [9.17, 15) is 4.79 Å². The van der Waals surface area contributed by atoms with Crippen molar-refractivity contribution in [1.29, 1.82) is 0 Å². The molecule has 0 saturated carbocycles. The molecule has 0 heterocycles.